The van der Waals surface area contributed by atoms with Gasteiger partial charge in [-0.15, -0.1) is 0 Å². The zero-order valence-electron chi connectivity index (χ0n) is 14.1. The van der Waals surface area contributed by atoms with Crippen LogP contribution in [0.2, 0.25) is 0 Å². The van der Waals surface area contributed by atoms with Crippen molar-refractivity contribution in [3.05, 3.63) is 29.8 Å². The van der Waals surface area contributed by atoms with E-state index < -0.39 is 5.91 Å². The summed E-state index contributed by atoms with van der Waals surface area (Å²) in [6.07, 6.45) is 7.74. The topological polar surface area (TPSA) is 93.5 Å². The summed E-state index contributed by atoms with van der Waals surface area (Å²) in [6.45, 7) is 1.34. The van der Waals surface area contributed by atoms with Gasteiger partial charge in [-0.3, -0.25) is 9.59 Å². The molecule has 0 heterocycles. The van der Waals surface area contributed by atoms with E-state index in [1.165, 1.54) is 38.5 Å². The highest BCUT2D eigenvalue weighted by atomic mass is 16.5. The van der Waals surface area contributed by atoms with Gasteiger partial charge in [-0.2, -0.15) is 0 Å². The van der Waals surface area contributed by atoms with Crippen molar-refractivity contribution >= 4 is 11.8 Å². The molecule has 1 saturated carbocycles. The minimum absolute atomic E-state index is 0.0423. The van der Waals surface area contributed by atoms with Crippen molar-refractivity contribution in [1.82, 2.24) is 10.6 Å². The normalized spacial score (nSPS) is 15.5. The third kappa shape index (κ3) is 6.58. The molecule has 0 radical (unpaired) electrons. The molecule has 24 heavy (non-hydrogen) atoms. The molecule has 1 aliphatic carbocycles. The molecular weight excluding hydrogens is 306 g/mol. The quantitative estimate of drug-likeness (QED) is 0.497. The van der Waals surface area contributed by atoms with Gasteiger partial charge < -0.3 is 21.1 Å². The van der Waals surface area contributed by atoms with Crippen molar-refractivity contribution in [3.8, 4) is 5.75 Å². The fourth-order valence-corrected chi connectivity index (χ4v) is 2.88. The second-order valence-electron chi connectivity index (χ2n) is 6.17. The van der Waals surface area contributed by atoms with Crippen molar-refractivity contribution in [2.24, 2.45) is 5.73 Å². The Morgan fingerprint density at radius 2 is 1.71 bits per heavy atom. The van der Waals surface area contributed by atoms with E-state index in [4.69, 9.17) is 10.5 Å². The molecule has 0 atom stereocenters. The number of amides is 2. The first-order valence-electron chi connectivity index (χ1n) is 8.68. The van der Waals surface area contributed by atoms with Crippen LogP contribution in [0.4, 0.5) is 0 Å². The Morgan fingerprint density at radius 1 is 1.04 bits per heavy atom. The van der Waals surface area contributed by atoms with Crippen LogP contribution in [0.25, 0.3) is 0 Å². The van der Waals surface area contributed by atoms with E-state index in [9.17, 15) is 9.59 Å². The van der Waals surface area contributed by atoms with Crippen molar-refractivity contribution in [2.75, 3.05) is 19.7 Å². The zero-order chi connectivity index (χ0) is 17.2. The number of benzene rings is 1. The summed E-state index contributed by atoms with van der Waals surface area (Å²) in [5, 5.41) is 6.35. The fourth-order valence-electron chi connectivity index (χ4n) is 2.88. The highest BCUT2D eigenvalue weighted by Crippen LogP contribution is 2.16. The van der Waals surface area contributed by atoms with E-state index in [2.05, 4.69) is 10.6 Å². The number of carbonyl (C=O) groups excluding carboxylic acids is 2. The summed E-state index contributed by atoms with van der Waals surface area (Å²) in [4.78, 5) is 22.7. The van der Waals surface area contributed by atoms with Crippen molar-refractivity contribution in [2.45, 2.75) is 44.6 Å². The van der Waals surface area contributed by atoms with Crippen LogP contribution in [-0.4, -0.2) is 37.6 Å². The molecule has 0 aromatic heterocycles. The molecule has 1 aromatic rings. The molecule has 4 N–H and O–H groups in total. The third-order valence-corrected chi connectivity index (χ3v) is 4.24. The van der Waals surface area contributed by atoms with Crippen molar-refractivity contribution in [1.29, 1.82) is 0 Å². The Balaban J connectivity index is 1.58. The molecule has 0 unspecified atom stereocenters. The van der Waals surface area contributed by atoms with E-state index in [0.717, 1.165) is 6.54 Å². The zero-order valence-corrected chi connectivity index (χ0v) is 14.1. The molecule has 1 aromatic carbocycles. The highest BCUT2D eigenvalue weighted by molar-refractivity contribution is 5.92. The van der Waals surface area contributed by atoms with Crippen molar-refractivity contribution in [3.63, 3.8) is 0 Å². The van der Waals surface area contributed by atoms with Gasteiger partial charge in [-0.05, 0) is 37.1 Å². The highest BCUT2D eigenvalue weighted by Gasteiger charge is 2.11. The smallest absolute Gasteiger partial charge is 0.257 e. The molecule has 6 heteroatoms. The average Bonchev–Trinajstić information content (AvgIpc) is 2.86. The number of ether oxygens (including phenoxy) is 1. The monoisotopic (exact) mass is 333 g/mol. The molecule has 6 nitrogen and oxygen atoms in total. The predicted molar refractivity (Wildman–Crippen MR) is 93.0 cm³/mol. The standard InChI is InChI=1S/C18H27N3O3/c19-18(23)14-7-9-16(10-8-14)24-13-17(22)21-12-11-20-15-5-3-1-2-4-6-15/h7-10,15,20H,1-6,11-13H2,(H2,19,23)(H,21,22). The first-order chi connectivity index (χ1) is 11.6. The van der Waals surface area contributed by atoms with Crippen LogP contribution >= 0.6 is 0 Å². The Labute approximate surface area is 143 Å². The lowest BCUT2D eigenvalue weighted by atomic mass is 10.1. The van der Waals surface area contributed by atoms with Crippen LogP contribution in [0.1, 0.15) is 48.9 Å². The summed E-state index contributed by atoms with van der Waals surface area (Å²) in [7, 11) is 0. The van der Waals surface area contributed by atoms with Gasteiger partial charge in [0.05, 0.1) is 0 Å². The number of hydrogen-bond acceptors (Lipinski definition) is 4. The van der Waals surface area contributed by atoms with Gasteiger partial charge >= 0.3 is 0 Å². The number of carbonyl (C=O) groups is 2. The van der Waals surface area contributed by atoms with E-state index in [-0.39, 0.29) is 12.5 Å². The minimum Gasteiger partial charge on any atom is -0.484 e. The maximum Gasteiger partial charge on any atom is 0.257 e. The van der Waals surface area contributed by atoms with Gasteiger partial charge in [-0.25, -0.2) is 0 Å². The summed E-state index contributed by atoms with van der Waals surface area (Å²) < 4.78 is 5.38. The average molecular weight is 333 g/mol. The van der Waals surface area contributed by atoms with E-state index >= 15 is 0 Å². The minimum atomic E-state index is -0.486. The third-order valence-electron chi connectivity index (χ3n) is 4.24. The molecular formula is C18H27N3O3. The lowest BCUT2D eigenvalue weighted by molar-refractivity contribution is -0.123. The van der Waals surface area contributed by atoms with Crippen LogP contribution in [0, 0.1) is 0 Å². The summed E-state index contributed by atoms with van der Waals surface area (Å²) >= 11 is 0. The number of hydrogen-bond donors (Lipinski definition) is 3. The van der Waals surface area contributed by atoms with Gasteiger partial charge in [0.1, 0.15) is 5.75 Å². The number of primary amides is 1. The van der Waals surface area contributed by atoms with Gasteiger partial charge in [0.25, 0.3) is 5.91 Å². The molecule has 2 amide bonds. The molecule has 1 fully saturated rings. The molecule has 0 aliphatic heterocycles. The Kier molecular flexibility index (Phi) is 7.55. The lowest BCUT2D eigenvalue weighted by Gasteiger charge is -2.16. The predicted octanol–water partition coefficient (Wildman–Crippen LogP) is 1.59. The second kappa shape index (κ2) is 9.93. The molecule has 132 valence electrons. The molecule has 2 rings (SSSR count). The molecule has 0 saturated heterocycles. The summed E-state index contributed by atoms with van der Waals surface area (Å²) in [6, 6.07) is 6.99. The Hall–Kier alpha value is -2.08. The van der Waals surface area contributed by atoms with Crippen LogP contribution in [0.3, 0.4) is 0 Å². The Bertz CT molecular complexity index is 523. The van der Waals surface area contributed by atoms with Crippen LogP contribution in [0.5, 0.6) is 5.75 Å². The maximum absolute atomic E-state index is 11.8. The van der Waals surface area contributed by atoms with Gasteiger partial charge in [0.2, 0.25) is 5.91 Å². The van der Waals surface area contributed by atoms with E-state index in [0.29, 0.717) is 23.9 Å². The summed E-state index contributed by atoms with van der Waals surface area (Å²) in [5.41, 5.74) is 5.58. The molecule has 0 spiro atoms. The first-order valence-corrected chi connectivity index (χ1v) is 8.68. The molecule has 1 aliphatic rings. The lowest BCUT2D eigenvalue weighted by Crippen LogP contribution is -2.38. The summed E-state index contributed by atoms with van der Waals surface area (Å²) in [5.74, 6) is -0.108. The molecule has 0 bridgehead atoms. The largest absolute Gasteiger partial charge is 0.484 e. The number of nitrogens with one attached hydrogen (secondary N) is 2. The van der Waals surface area contributed by atoms with Crippen molar-refractivity contribution < 1.29 is 14.3 Å². The van der Waals surface area contributed by atoms with Gasteiger partial charge in [0, 0.05) is 24.7 Å². The second-order valence-corrected chi connectivity index (χ2v) is 6.17. The van der Waals surface area contributed by atoms with Crippen LogP contribution in [-0.2, 0) is 4.79 Å². The fraction of sp³-hybridized carbons (Fsp3) is 0.556. The number of rotatable bonds is 8. The Morgan fingerprint density at radius 3 is 2.33 bits per heavy atom. The van der Waals surface area contributed by atoms with Gasteiger partial charge in [-0.1, -0.05) is 25.7 Å². The first kappa shape index (κ1) is 18.3. The van der Waals surface area contributed by atoms with E-state index in [1.54, 1.807) is 24.3 Å². The van der Waals surface area contributed by atoms with Gasteiger partial charge in [0.15, 0.2) is 6.61 Å². The maximum atomic E-state index is 11.8. The van der Waals surface area contributed by atoms with Crippen LogP contribution in [0.15, 0.2) is 24.3 Å². The SMILES string of the molecule is NC(=O)c1ccc(OCC(=O)NCCNC2CCCCCC2)cc1. The van der Waals surface area contributed by atoms with Crippen LogP contribution < -0.4 is 21.1 Å². The number of nitrogens with two attached hydrogens (primary N) is 1. The van der Waals surface area contributed by atoms with E-state index in [1.807, 2.05) is 0 Å².